The first-order valence-electron chi connectivity index (χ1n) is 10.4. The summed E-state index contributed by atoms with van der Waals surface area (Å²) in [4.78, 5) is 39.0. The largest absolute Gasteiger partial charge is 0.473 e. The molecular weight excluding hydrogens is 398 g/mol. The summed E-state index contributed by atoms with van der Waals surface area (Å²) in [6, 6.07) is 14.1. The van der Waals surface area contributed by atoms with Gasteiger partial charge >= 0.3 is 6.09 Å². The summed E-state index contributed by atoms with van der Waals surface area (Å²) < 4.78 is 11.6. The molecule has 2 aliphatic rings. The van der Waals surface area contributed by atoms with Crippen LogP contribution in [0, 0.1) is 0 Å². The number of unbranched alkanes of at least 4 members (excludes halogenated alkanes) is 1. The third-order valence-corrected chi connectivity index (χ3v) is 5.67. The van der Waals surface area contributed by atoms with Crippen molar-refractivity contribution in [3.05, 3.63) is 48.5 Å². The lowest BCUT2D eigenvalue weighted by Crippen LogP contribution is -2.53. The summed E-state index contributed by atoms with van der Waals surface area (Å²) in [5, 5.41) is 2.88. The molecule has 162 valence electrons. The molecule has 0 aromatic heterocycles. The minimum atomic E-state index is -1.43. The zero-order valence-electron chi connectivity index (χ0n) is 17.3. The summed E-state index contributed by atoms with van der Waals surface area (Å²) in [7, 11) is 0. The number of amides is 3. The predicted octanol–water partition coefficient (Wildman–Crippen LogP) is 2.92. The number of nitrogens with one attached hydrogen (secondary N) is 1. The van der Waals surface area contributed by atoms with Crippen molar-refractivity contribution in [1.82, 2.24) is 4.90 Å². The monoisotopic (exact) mass is 423 g/mol. The number of anilines is 1. The minimum Gasteiger partial charge on any atom is -0.473 e. The Balaban J connectivity index is 1.67. The van der Waals surface area contributed by atoms with Gasteiger partial charge in [-0.05, 0) is 18.1 Å². The highest BCUT2D eigenvalue weighted by Gasteiger charge is 2.57. The van der Waals surface area contributed by atoms with Gasteiger partial charge in [-0.25, -0.2) is 4.79 Å². The second-order valence-electron chi connectivity index (χ2n) is 7.82. The number of hydrogen-bond acceptors (Lipinski definition) is 5. The number of likely N-dealkylation sites (tertiary alicyclic amines) is 1. The summed E-state index contributed by atoms with van der Waals surface area (Å²) in [6.07, 6.45) is 0.852. The number of hydrogen-bond donors (Lipinski definition) is 2. The smallest absolute Gasteiger partial charge is 0.410 e. The van der Waals surface area contributed by atoms with Gasteiger partial charge in [0, 0.05) is 12.0 Å². The average molecular weight is 423 g/mol. The lowest BCUT2D eigenvalue weighted by atomic mass is 9.94. The summed E-state index contributed by atoms with van der Waals surface area (Å²) in [5.74, 6) is -0.624. The number of para-hydroxylation sites is 1. The molecule has 1 fully saturated rings. The van der Waals surface area contributed by atoms with E-state index in [1.54, 1.807) is 6.07 Å². The summed E-state index contributed by atoms with van der Waals surface area (Å²) in [6.45, 7) is 2.09. The first-order valence-corrected chi connectivity index (χ1v) is 10.4. The van der Waals surface area contributed by atoms with Crippen LogP contribution in [0.25, 0.3) is 11.1 Å². The normalized spacial score (nSPS) is 21.9. The molecule has 0 radical (unpaired) electrons. The van der Waals surface area contributed by atoms with Crippen molar-refractivity contribution >= 4 is 23.6 Å². The Morgan fingerprint density at radius 3 is 2.71 bits per heavy atom. The van der Waals surface area contributed by atoms with Crippen molar-refractivity contribution in [1.29, 1.82) is 0 Å². The maximum absolute atomic E-state index is 13.1. The van der Waals surface area contributed by atoms with E-state index < -0.39 is 29.6 Å². The van der Waals surface area contributed by atoms with Gasteiger partial charge in [-0.3, -0.25) is 14.5 Å². The van der Waals surface area contributed by atoms with E-state index in [0.717, 1.165) is 17.5 Å². The Bertz CT molecular complexity index is 1010. The molecular formula is C23H25N3O5. The molecule has 3 amide bonds. The molecule has 2 heterocycles. The van der Waals surface area contributed by atoms with Crippen LogP contribution in [0.5, 0.6) is 5.75 Å². The van der Waals surface area contributed by atoms with Crippen LogP contribution < -0.4 is 15.8 Å². The second-order valence-corrected chi connectivity index (χ2v) is 7.82. The van der Waals surface area contributed by atoms with E-state index in [1.165, 1.54) is 4.90 Å². The maximum atomic E-state index is 13.1. The van der Waals surface area contributed by atoms with Gasteiger partial charge in [0.25, 0.3) is 5.91 Å². The molecule has 4 rings (SSSR count). The van der Waals surface area contributed by atoms with E-state index >= 15 is 0 Å². The van der Waals surface area contributed by atoms with E-state index in [1.807, 2.05) is 49.4 Å². The molecule has 0 unspecified atom stereocenters. The van der Waals surface area contributed by atoms with Crippen LogP contribution in [0.2, 0.25) is 0 Å². The number of fused-ring (bicyclic) bond motifs is 1. The number of ether oxygens (including phenoxy) is 2. The van der Waals surface area contributed by atoms with Gasteiger partial charge in [-0.2, -0.15) is 0 Å². The van der Waals surface area contributed by atoms with Crippen LogP contribution in [0.15, 0.2) is 48.5 Å². The van der Waals surface area contributed by atoms with E-state index in [0.29, 0.717) is 17.9 Å². The predicted molar refractivity (Wildman–Crippen MR) is 114 cm³/mol. The van der Waals surface area contributed by atoms with Crippen LogP contribution >= 0.6 is 0 Å². The minimum absolute atomic E-state index is 0.0421. The SMILES string of the molecule is CCCCOC(=O)N1C[C@@]2(C[C@H]1C(N)=O)Oc1c(cccc1-c1ccccc1)NC2=O. The number of rotatable bonds is 5. The molecule has 0 saturated carbocycles. The molecule has 3 N–H and O–H groups in total. The maximum Gasteiger partial charge on any atom is 0.410 e. The van der Waals surface area contributed by atoms with Crippen molar-refractivity contribution in [3.63, 3.8) is 0 Å². The van der Waals surface area contributed by atoms with Crippen molar-refractivity contribution < 1.29 is 23.9 Å². The highest BCUT2D eigenvalue weighted by Crippen LogP contribution is 2.45. The summed E-state index contributed by atoms with van der Waals surface area (Å²) in [5.41, 5.74) is 6.39. The molecule has 0 aliphatic carbocycles. The quantitative estimate of drug-likeness (QED) is 0.719. The number of nitrogens with two attached hydrogens (primary N) is 1. The number of carbonyl (C=O) groups excluding carboxylic acids is 3. The number of carbonyl (C=O) groups is 3. The van der Waals surface area contributed by atoms with E-state index in [2.05, 4.69) is 5.32 Å². The van der Waals surface area contributed by atoms with Crippen LogP contribution in [-0.2, 0) is 14.3 Å². The molecule has 8 nitrogen and oxygen atoms in total. The van der Waals surface area contributed by atoms with E-state index in [4.69, 9.17) is 15.2 Å². The lowest BCUT2D eigenvalue weighted by molar-refractivity contribution is -0.131. The van der Waals surface area contributed by atoms with E-state index in [-0.39, 0.29) is 19.6 Å². The average Bonchev–Trinajstić information content (AvgIpc) is 3.16. The molecule has 0 bridgehead atoms. The molecule has 2 aliphatic heterocycles. The fourth-order valence-electron chi connectivity index (χ4n) is 4.01. The molecule has 8 heteroatoms. The van der Waals surface area contributed by atoms with Crippen LogP contribution in [-0.4, -0.2) is 47.6 Å². The summed E-state index contributed by atoms with van der Waals surface area (Å²) >= 11 is 0. The van der Waals surface area contributed by atoms with Gasteiger partial charge in [0.2, 0.25) is 11.5 Å². The molecule has 1 spiro atoms. The lowest BCUT2D eigenvalue weighted by Gasteiger charge is -2.35. The Morgan fingerprint density at radius 1 is 1.23 bits per heavy atom. The number of nitrogens with zero attached hydrogens (tertiary/aromatic N) is 1. The molecule has 2 aromatic rings. The highest BCUT2D eigenvalue weighted by molar-refractivity contribution is 6.04. The van der Waals surface area contributed by atoms with Crippen molar-refractivity contribution in [3.8, 4) is 16.9 Å². The van der Waals surface area contributed by atoms with Gasteiger partial charge < -0.3 is 20.5 Å². The topological polar surface area (TPSA) is 111 Å². The fourth-order valence-corrected chi connectivity index (χ4v) is 4.01. The first-order chi connectivity index (χ1) is 14.9. The molecule has 31 heavy (non-hydrogen) atoms. The first kappa shape index (κ1) is 20.7. The van der Waals surface area contributed by atoms with Crippen molar-refractivity contribution in [2.24, 2.45) is 5.73 Å². The third kappa shape index (κ3) is 3.81. The van der Waals surface area contributed by atoms with Crippen LogP contribution in [0.1, 0.15) is 26.2 Å². The van der Waals surface area contributed by atoms with Crippen molar-refractivity contribution in [2.45, 2.75) is 37.8 Å². The van der Waals surface area contributed by atoms with Crippen LogP contribution in [0.3, 0.4) is 0 Å². The molecule has 2 aromatic carbocycles. The zero-order chi connectivity index (χ0) is 22.0. The highest BCUT2D eigenvalue weighted by atomic mass is 16.6. The number of primary amides is 1. The molecule has 1 saturated heterocycles. The van der Waals surface area contributed by atoms with Crippen LogP contribution in [0.4, 0.5) is 10.5 Å². The standard InChI is InChI=1S/C23H25N3O5/c1-2-3-12-30-22(29)26-14-23(13-18(26)20(24)27)21(28)25-17-11-7-10-16(19(17)31-23)15-8-5-4-6-9-15/h4-11,18H,2-3,12-14H2,1H3,(H2,24,27)(H,25,28)/t18-,23+/m0/s1. The Kier molecular flexibility index (Phi) is 5.54. The zero-order valence-corrected chi connectivity index (χ0v) is 17.3. The Labute approximate surface area is 180 Å². The van der Waals surface area contributed by atoms with E-state index in [9.17, 15) is 14.4 Å². The Hall–Kier alpha value is -3.55. The van der Waals surface area contributed by atoms with Gasteiger partial charge in [0.05, 0.1) is 18.8 Å². The van der Waals surface area contributed by atoms with Crippen molar-refractivity contribution in [2.75, 3.05) is 18.5 Å². The van der Waals surface area contributed by atoms with Gasteiger partial charge in [-0.15, -0.1) is 0 Å². The number of benzene rings is 2. The van der Waals surface area contributed by atoms with Gasteiger partial charge in [0.15, 0.2) is 5.75 Å². The Morgan fingerprint density at radius 2 is 2.00 bits per heavy atom. The second kappa shape index (κ2) is 8.29. The molecule has 2 atom stereocenters. The van der Waals surface area contributed by atoms with Gasteiger partial charge in [0.1, 0.15) is 6.04 Å². The fraction of sp³-hybridized carbons (Fsp3) is 0.348. The van der Waals surface area contributed by atoms with Gasteiger partial charge in [-0.1, -0.05) is 55.8 Å². The third-order valence-electron chi connectivity index (χ3n) is 5.67.